The van der Waals surface area contributed by atoms with Crippen molar-refractivity contribution in [1.29, 1.82) is 0 Å². The standard InChI is InChI=1S/C10H13N3O4/c11-10(14)7-17-5-4-12-8-2-1-3-9(6-8)13(15)16/h1-3,6,12H,4-5,7H2,(H2,11,14). The number of nitrogens with zero attached hydrogens (tertiary/aromatic N) is 1. The number of hydrogen-bond donors (Lipinski definition) is 2. The molecule has 7 nitrogen and oxygen atoms in total. The van der Waals surface area contributed by atoms with Crippen LogP contribution in [0.1, 0.15) is 0 Å². The Morgan fingerprint density at radius 3 is 2.94 bits per heavy atom. The summed E-state index contributed by atoms with van der Waals surface area (Å²) in [5.74, 6) is -0.527. The lowest BCUT2D eigenvalue weighted by Crippen LogP contribution is -2.20. The quantitative estimate of drug-likeness (QED) is 0.409. The summed E-state index contributed by atoms with van der Waals surface area (Å²) in [5.41, 5.74) is 5.53. The average molecular weight is 239 g/mol. The van der Waals surface area contributed by atoms with Crippen molar-refractivity contribution < 1.29 is 14.5 Å². The number of benzene rings is 1. The first-order chi connectivity index (χ1) is 8.09. The molecule has 0 radical (unpaired) electrons. The zero-order valence-electron chi connectivity index (χ0n) is 9.09. The lowest BCUT2D eigenvalue weighted by atomic mass is 10.3. The Hall–Kier alpha value is -2.15. The number of nitrogens with two attached hydrogens (primary N) is 1. The van der Waals surface area contributed by atoms with Gasteiger partial charge in [-0.15, -0.1) is 0 Å². The topological polar surface area (TPSA) is 107 Å². The van der Waals surface area contributed by atoms with E-state index in [1.54, 1.807) is 12.1 Å². The Labute approximate surface area is 97.7 Å². The van der Waals surface area contributed by atoms with Gasteiger partial charge in [0.05, 0.1) is 11.5 Å². The number of carbonyl (C=O) groups excluding carboxylic acids is 1. The fraction of sp³-hybridized carbons (Fsp3) is 0.300. The van der Waals surface area contributed by atoms with Gasteiger partial charge in [-0.2, -0.15) is 0 Å². The number of amides is 1. The summed E-state index contributed by atoms with van der Waals surface area (Å²) in [6.07, 6.45) is 0. The maximum atomic E-state index is 10.5. The highest BCUT2D eigenvalue weighted by atomic mass is 16.6. The van der Waals surface area contributed by atoms with Gasteiger partial charge in [-0.1, -0.05) is 6.07 Å². The number of carbonyl (C=O) groups is 1. The summed E-state index contributed by atoms with van der Waals surface area (Å²) in [5, 5.41) is 13.4. The Bertz CT molecular complexity index is 408. The maximum Gasteiger partial charge on any atom is 0.271 e. The van der Waals surface area contributed by atoms with Crippen molar-refractivity contribution in [3.63, 3.8) is 0 Å². The second kappa shape index (κ2) is 6.44. The first kappa shape index (κ1) is 12.9. The van der Waals surface area contributed by atoms with Crippen LogP contribution in [0, 0.1) is 10.1 Å². The van der Waals surface area contributed by atoms with Gasteiger partial charge in [0.1, 0.15) is 6.61 Å². The Balaban J connectivity index is 2.34. The number of rotatable bonds is 7. The summed E-state index contributed by atoms with van der Waals surface area (Å²) in [6.45, 7) is 0.608. The molecule has 1 aromatic carbocycles. The van der Waals surface area contributed by atoms with Crippen LogP contribution in [0.3, 0.4) is 0 Å². The van der Waals surface area contributed by atoms with Crippen molar-refractivity contribution in [1.82, 2.24) is 0 Å². The monoisotopic (exact) mass is 239 g/mol. The lowest BCUT2D eigenvalue weighted by molar-refractivity contribution is -0.384. The highest BCUT2D eigenvalue weighted by molar-refractivity contribution is 5.74. The van der Waals surface area contributed by atoms with Crippen molar-refractivity contribution in [2.24, 2.45) is 5.73 Å². The van der Waals surface area contributed by atoms with E-state index >= 15 is 0 Å². The molecular formula is C10H13N3O4. The Morgan fingerprint density at radius 1 is 1.53 bits per heavy atom. The summed E-state index contributed by atoms with van der Waals surface area (Å²) < 4.78 is 4.92. The molecule has 0 saturated carbocycles. The van der Waals surface area contributed by atoms with Crippen LogP contribution in [-0.2, 0) is 9.53 Å². The Morgan fingerprint density at radius 2 is 2.29 bits per heavy atom. The summed E-state index contributed by atoms with van der Waals surface area (Å²) in [4.78, 5) is 20.4. The van der Waals surface area contributed by atoms with Gasteiger partial charge < -0.3 is 15.8 Å². The number of non-ortho nitro benzene ring substituents is 1. The van der Waals surface area contributed by atoms with Gasteiger partial charge in [0.15, 0.2) is 0 Å². The van der Waals surface area contributed by atoms with Gasteiger partial charge in [-0.25, -0.2) is 0 Å². The van der Waals surface area contributed by atoms with Gasteiger partial charge in [0, 0.05) is 24.4 Å². The van der Waals surface area contributed by atoms with E-state index in [2.05, 4.69) is 5.32 Å². The van der Waals surface area contributed by atoms with Crippen LogP contribution in [0.15, 0.2) is 24.3 Å². The first-order valence-electron chi connectivity index (χ1n) is 4.94. The molecular weight excluding hydrogens is 226 g/mol. The predicted molar refractivity (Wildman–Crippen MR) is 61.6 cm³/mol. The number of nitro groups is 1. The lowest BCUT2D eigenvalue weighted by Gasteiger charge is -2.06. The summed E-state index contributed by atoms with van der Waals surface area (Å²) >= 11 is 0. The van der Waals surface area contributed by atoms with Gasteiger partial charge in [-0.3, -0.25) is 14.9 Å². The molecule has 0 heterocycles. The minimum Gasteiger partial charge on any atom is -0.383 e. The molecule has 1 amide bonds. The number of nitro benzene ring substituents is 1. The average Bonchev–Trinajstić information content (AvgIpc) is 2.28. The number of anilines is 1. The zero-order chi connectivity index (χ0) is 12.7. The van der Waals surface area contributed by atoms with E-state index in [4.69, 9.17) is 10.5 Å². The van der Waals surface area contributed by atoms with Crippen LogP contribution >= 0.6 is 0 Å². The van der Waals surface area contributed by atoms with Crippen molar-refractivity contribution in [2.45, 2.75) is 0 Å². The molecule has 0 aliphatic rings. The molecule has 0 aliphatic carbocycles. The molecule has 0 unspecified atom stereocenters. The molecule has 0 spiro atoms. The van der Waals surface area contributed by atoms with E-state index in [1.807, 2.05) is 0 Å². The number of nitrogens with one attached hydrogen (secondary N) is 1. The fourth-order valence-electron chi connectivity index (χ4n) is 1.17. The van der Waals surface area contributed by atoms with Crippen molar-refractivity contribution in [3.8, 4) is 0 Å². The molecule has 0 atom stereocenters. The second-order valence-corrected chi connectivity index (χ2v) is 3.25. The van der Waals surface area contributed by atoms with E-state index in [0.717, 1.165) is 0 Å². The van der Waals surface area contributed by atoms with Crippen LogP contribution in [-0.4, -0.2) is 30.6 Å². The number of hydrogen-bond acceptors (Lipinski definition) is 5. The summed E-state index contributed by atoms with van der Waals surface area (Å²) in [7, 11) is 0. The van der Waals surface area contributed by atoms with E-state index < -0.39 is 10.8 Å². The minimum atomic E-state index is -0.527. The molecule has 1 aromatic rings. The predicted octanol–water partition coefficient (Wildman–Crippen LogP) is 0.509. The third-order valence-corrected chi connectivity index (χ3v) is 1.88. The molecule has 3 N–H and O–H groups in total. The first-order valence-corrected chi connectivity index (χ1v) is 4.94. The van der Waals surface area contributed by atoms with Crippen LogP contribution in [0.25, 0.3) is 0 Å². The Kier molecular flexibility index (Phi) is 4.89. The molecule has 0 bridgehead atoms. The SMILES string of the molecule is NC(=O)COCCNc1cccc([N+](=O)[O-])c1. The highest BCUT2D eigenvalue weighted by Crippen LogP contribution is 2.16. The van der Waals surface area contributed by atoms with Gasteiger partial charge in [0.2, 0.25) is 5.91 Å². The molecule has 0 aliphatic heterocycles. The van der Waals surface area contributed by atoms with Gasteiger partial charge >= 0.3 is 0 Å². The van der Waals surface area contributed by atoms with E-state index in [9.17, 15) is 14.9 Å². The number of primary amides is 1. The van der Waals surface area contributed by atoms with Crippen molar-refractivity contribution in [3.05, 3.63) is 34.4 Å². The highest BCUT2D eigenvalue weighted by Gasteiger charge is 2.04. The molecule has 7 heteroatoms. The minimum absolute atomic E-state index is 0.0213. The van der Waals surface area contributed by atoms with Crippen molar-refractivity contribution >= 4 is 17.3 Å². The largest absolute Gasteiger partial charge is 0.383 e. The maximum absolute atomic E-state index is 10.5. The van der Waals surface area contributed by atoms with Crippen LogP contribution < -0.4 is 11.1 Å². The molecule has 0 aromatic heterocycles. The normalized spacial score (nSPS) is 9.88. The molecule has 1 rings (SSSR count). The van der Waals surface area contributed by atoms with Crippen LogP contribution in [0.2, 0.25) is 0 Å². The van der Waals surface area contributed by atoms with E-state index in [-0.39, 0.29) is 12.3 Å². The number of ether oxygens (including phenoxy) is 1. The van der Waals surface area contributed by atoms with Crippen molar-refractivity contribution in [2.75, 3.05) is 25.1 Å². The van der Waals surface area contributed by atoms with Crippen LogP contribution in [0.4, 0.5) is 11.4 Å². The molecule has 92 valence electrons. The van der Waals surface area contributed by atoms with E-state index in [1.165, 1.54) is 12.1 Å². The zero-order valence-corrected chi connectivity index (χ0v) is 9.09. The van der Waals surface area contributed by atoms with Gasteiger partial charge in [0.25, 0.3) is 5.69 Å². The summed E-state index contributed by atoms with van der Waals surface area (Å²) in [6, 6.07) is 6.13. The second-order valence-electron chi connectivity index (χ2n) is 3.25. The fourth-order valence-corrected chi connectivity index (χ4v) is 1.17. The molecule has 0 fully saturated rings. The molecule has 17 heavy (non-hydrogen) atoms. The molecule has 0 saturated heterocycles. The smallest absolute Gasteiger partial charge is 0.271 e. The van der Waals surface area contributed by atoms with Gasteiger partial charge in [-0.05, 0) is 6.07 Å². The third kappa shape index (κ3) is 4.94. The van der Waals surface area contributed by atoms with E-state index in [0.29, 0.717) is 18.8 Å². The third-order valence-electron chi connectivity index (χ3n) is 1.88. The van der Waals surface area contributed by atoms with Crippen LogP contribution in [0.5, 0.6) is 0 Å².